The van der Waals surface area contributed by atoms with E-state index in [0.717, 1.165) is 49.4 Å². The molecule has 1 saturated carbocycles. The number of rotatable bonds is 10. The zero-order valence-corrected chi connectivity index (χ0v) is 17.8. The molecule has 6 nitrogen and oxygen atoms in total. The molecule has 2 rings (SSSR count). The van der Waals surface area contributed by atoms with Crippen molar-refractivity contribution in [1.82, 2.24) is 4.72 Å². The highest BCUT2D eigenvalue weighted by molar-refractivity contribution is 7.90. The molecule has 2 N–H and O–H groups in total. The number of nitrogens with one attached hydrogen (secondary N) is 2. The summed E-state index contributed by atoms with van der Waals surface area (Å²) in [6.45, 7) is 9.43. The Labute approximate surface area is 164 Å². The van der Waals surface area contributed by atoms with Crippen LogP contribution < -0.4 is 19.5 Å². The van der Waals surface area contributed by atoms with Crippen molar-refractivity contribution in [3.05, 3.63) is 18.2 Å². The maximum Gasteiger partial charge on any atom is 0.214 e. The normalized spacial score (nSPS) is 20.5. The number of ether oxygens (including phenoxy) is 2. The van der Waals surface area contributed by atoms with Crippen molar-refractivity contribution in [1.29, 1.82) is 0 Å². The Bertz CT molecular complexity index is 683. The molecule has 0 amide bonds. The standard InChI is InChI=1S/C20H34N2O4S/c1-5-25-19-12-11-18(13-20(19)26-6-2)21-14-16-7-9-17(10-8-16)22-27(23,24)15(3)4/h11-13,15-17,21-22H,5-10,14H2,1-4H3. The summed E-state index contributed by atoms with van der Waals surface area (Å²) in [5, 5.41) is 3.11. The van der Waals surface area contributed by atoms with Crippen molar-refractivity contribution in [3.63, 3.8) is 0 Å². The summed E-state index contributed by atoms with van der Waals surface area (Å²) < 4.78 is 38.1. The largest absolute Gasteiger partial charge is 0.490 e. The summed E-state index contributed by atoms with van der Waals surface area (Å²) in [5.41, 5.74) is 1.02. The van der Waals surface area contributed by atoms with E-state index in [9.17, 15) is 8.42 Å². The van der Waals surface area contributed by atoms with Crippen LogP contribution in [0.15, 0.2) is 18.2 Å². The minimum atomic E-state index is -3.18. The van der Waals surface area contributed by atoms with E-state index >= 15 is 0 Å². The van der Waals surface area contributed by atoms with Gasteiger partial charge in [-0.15, -0.1) is 0 Å². The van der Waals surface area contributed by atoms with Crippen LogP contribution in [-0.2, 0) is 10.0 Å². The molecule has 1 aliphatic rings. The Kier molecular flexibility index (Phi) is 8.23. The van der Waals surface area contributed by atoms with E-state index in [1.807, 2.05) is 32.0 Å². The van der Waals surface area contributed by atoms with Crippen LogP contribution in [0.1, 0.15) is 53.4 Å². The van der Waals surface area contributed by atoms with Crippen molar-refractivity contribution in [2.75, 3.05) is 25.1 Å². The molecule has 0 aromatic heterocycles. The molecule has 0 unspecified atom stereocenters. The Hall–Kier alpha value is -1.47. The van der Waals surface area contributed by atoms with Gasteiger partial charge >= 0.3 is 0 Å². The molecule has 1 aliphatic carbocycles. The van der Waals surface area contributed by atoms with E-state index in [0.29, 0.717) is 19.1 Å². The third-order valence-electron chi connectivity index (χ3n) is 4.94. The van der Waals surface area contributed by atoms with Crippen LogP contribution in [0.3, 0.4) is 0 Å². The molecule has 1 fully saturated rings. The summed E-state index contributed by atoms with van der Waals surface area (Å²) in [6.07, 6.45) is 3.83. The highest BCUT2D eigenvalue weighted by Crippen LogP contribution is 2.31. The van der Waals surface area contributed by atoms with E-state index in [-0.39, 0.29) is 11.3 Å². The van der Waals surface area contributed by atoms with Crippen molar-refractivity contribution < 1.29 is 17.9 Å². The smallest absolute Gasteiger partial charge is 0.214 e. The average molecular weight is 399 g/mol. The lowest BCUT2D eigenvalue weighted by molar-refractivity contribution is 0.288. The first-order valence-electron chi connectivity index (χ1n) is 10.00. The van der Waals surface area contributed by atoms with Gasteiger partial charge in [0, 0.05) is 24.3 Å². The van der Waals surface area contributed by atoms with Crippen LogP contribution in [0.4, 0.5) is 5.69 Å². The fourth-order valence-corrected chi connectivity index (χ4v) is 4.25. The summed E-state index contributed by atoms with van der Waals surface area (Å²) >= 11 is 0. The molecule has 0 aliphatic heterocycles. The molecule has 0 radical (unpaired) electrons. The summed E-state index contributed by atoms with van der Waals surface area (Å²) in [6, 6.07) is 6.00. The van der Waals surface area contributed by atoms with Crippen molar-refractivity contribution in [3.8, 4) is 11.5 Å². The van der Waals surface area contributed by atoms with Crippen LogP contribution in [0, 0.1) is 5.92 Å². The zero-order chi connectivity index (χ0) is 19.9. The van der Waals surface area contributed by atoms with E-state index < -0.39 is 10.0 Å². The van der Waals surface area contributed by atoms with Gasteiger partial charge < -0.3 is 14.8 Å². The van der Waals surface area contributed by atoms with Crippen molar-refractivity contribution in [2.24, 2.45) is 5.92 Å². The molecule has 27 heavy (non-hydrogen) atoms. The Morgan fingerprint density at radius 1 is 1.04 bits per heavy atom. The lowest BCUT2D eigenvalue weighted by Gasteiger charge is -2.29. The number of hydrogen-bond donors (Lipinski definition) is 2. The van der Waals surface area contributed by atoms with Gasteiger partial charge in [-0.3, -0.25) is 0 Å². The molecule has 1 aromatic carbocycles. The van der Waals surface area contributed by atoms with Crippen LogP contribution in [0.2, 0.25) is 0 Å². The SMILES string of the molecule is CCOc1ccc(NCC2CCC(NS(=O)(=O)C(C)C)CC2)cc1OCC. The minimum Gasteiger partial charge on any atom is -0.490 e. The second-order valence-electron chi connectivity index (χ2n) is 7.34. The lowest BCUT2D eigenvalue weighted by atomic mass is 9.86. The van der Waals surface area contributed by atoms with E-state index in [1.165, 1.54) is 0 Å². The van der Waals surface area contributed by atoms with E-state index in [4.69, 9.17) is 9.47 Å². The third-order valence-corrected chi connectivity index (χ3v) is 6.84. The number of anilines is 1. The summed E-state index contributed by atoms with van der Waals surface area (Å²) in [4.78, 5) is 0. The third kappa shape index (κ3) is 6.57. The number of sulfonamides is 1. The molecule has 0 saturated heterocycles. The predicted octanol–water partition coefficient (Wildman–Crippen LogP) is 3.78. The van der Waals surface area contributed by atoms with E-state index in [2.05, 4.69) is 10.0 Å². The Morgan fingerprint density at radius 2 is 1.67 bits per heavy atom. The lowest BCUT2D eigenvalue weighted by Crippen LogP contribution is -2.41. The molecule has 0 spiro atoms. The van der Waals surface area contributed by atoms with Crippen molar-refractivity contribution >= 4 is 15.7 Å². The van der Waals surface area contributed by atoms with Gasteiger partial charge in [-0.1, -0.05) is 0 Å². The molecule has 0 heterocycles. The minimum absolute atomic E-state index is 0.0729. The maximum atomic E-state index is 12.0. The Morgan fingerprint density at radius 3 is 2.26 bits per heavy atom. The van der Waals surface area contributed by atoms with Crippen LogP contribution >= 0.6 is 0 Å². The first-order valence-corrected chi connectivity index (χ1v) is 11.5. The van der Waals surface area contributed by atoms with Crippen LogP contribution in [-0.4, -0.2) is 39.5 Å². The van der Waals surface area contributed by atoms with Gasteiger partial charge in [0.05, 0.1) is 18.5 Å². The zero-order valence-electron chi connectivity index (χ0n) is 17.0. The van der Waals surface area contributed by atoms with Gasteiger partial charge in [0.15, 0.2) is 11.5 Å². The fourth-order valence-electron chi connectivity index (χ4n) is 3.28. The first kappa shape index (κ1) is 21.8. The van der Waals surface area contributed by atoms with Gasteiger partial charge in [0.25, 0.3) is 0 Å². The van der Waals surface area contributed by atoms with Gasteiger partial charge in [0.2, 0.25) is 10.0 Å². The van der Waals surface area contributed by atoms with Gasteiger partial charge in [-0.2, -0.15) is 0 Å². The molecule has 0 atom stereocenters. The monoisotopic (exact) mass is 398 g/mol. The summed E-state index contributed by atoms with van der Waals surface area (Å²) in [7, 11) is -3.18. The second kappa shape index (κ2) is 10.2. The average Bonchev–Trinajstić information content (AvgIpc) is 2.63. The van der Waals surface area contributed by atoms with Gasteiger partial charge in [-0.05, 0) is 71.4 Å². The van der Waals surface area contributed by atoms with E-state index in [1.54, 1.807) is 13.8 Å². The first-order chi connectivity index (χ1) is 12.9. The highest BCUT2D eigenvalue weighted by atomic mass is 32.2. The predicted molar refractivity (Wildman–Crippen MR) is 110 cm³/mol. The Balaban J connectivity index is 1.83. The molecule has 7 heteroatoms. The second-order valence-corrected chi connectivity index (χ2v) is 9.61. The van der Waals surface area contributed by atoms with Crippen LogP contribution in [0.5, 0.6) is 11.5 Å². The van der Waals surface area contributed by atoms with Crippen molar-refractivity contribution in [2.45, 2.75) is 64.7 Å². The summed E-state index contributed by atoms with van der Waals surface area (Å²) in [5.74, 6) is 2.07. The number of benzene rings is 1. The molecular formula is C20H34N2O4S. The quantitative estimate of drug-likeness (QED) is 0.627. The fraction of sp³-hybridized carbons (Fsp3) is 0.700. The van der Waals surface area contributed by atoms with Gasteiger partial charge in [0.1, 0.15) is 0 Å². The topological polar surface area (TPSA) is 76.7 Å². The molecule has 154 valence electrons. The maximum absolute atomic E-state index is 12.0. The van der Waals surface area contributed by atoms with Gasteiger partial charge in [-0.25, -0.2) is 13.1 Å². The molecular weight excluding hydrogens is 364 g/mol. The van der Waals surface area contributed by atoms with Crippen LogP contribution in [0.25, 0.3) is 0 Å². The molecule has 0 bridgehead atoms. The molecule has 1 aromatic rings. The highest BCUT2D eigenvalue weighted by Gasteiger charge is 2.26. The number of hydrogen-bond acceptors (Lipinski definition) is 5.